The second-order valence-corrected chi connectivity index (χ2v) is 5.62. The molecule has 3 radical (unpaired) electrons. The molecule has 0 nitrogen and oxygen atoms in total. The van der Waals surface area contributed by atoms with Gasteiger partial charge in [-0.2, -0.15) is 0 Å². The number of hydrogen-bond acceptors (Lipinski definition) is 0. The van der Waals surface area contributed by atoms with E-state index in [1.807, 2.05) is 45.6 Å². The Balaban J connectivity index is 0. The molecule has 0 aromatic carbocycles. The fourth-order valence-corrected chi connectivity index (χ4v) is 2.00. The Morgan fingerprint density at radius 3 is 1.44 bits per heavy atom. The van der Waals surface area contributed by atoms with E-state index in [1.165, 1.54) is 12.5 Å². The van der Waals surface area contributed by atoms with Crippen molar-refractivity contribution in [2.45, 2.75) is 20.8 Å². The molecule has 0 spiro atoms. The molecule has 0 rings (SSSR count). The molecule has 9 heavy (non-hydrogen) atoms. The zero-order valence-electron chi connectivity index (χ0n) is 5.89. The average Bonchev–Trinajstić information content (AvgIpc) is 1.64. The zero-order chi connectivity index (χ0) is 6.73. The van der Waals surface area contributed by atoms with Crippen molar-refractivity contribution >= 4 is 49.0 Å². The van der Waals surface area contributed by atoms with Crippen LogP contribution in [-0.2, 0) is 26.2 Å². The van der Waals surface area contributed by atoms with Gasteiger partial charge in [0.2, 0.25) is 0 Å². The van der Waals surface area contributed by atoms with Gasteiger partial charge < -0.3 is 0 Å². The maximum absolute atomic E-state index is 2.18. The van der Waals surface area contributed by atoms with Crippen molar-refractivity contribution in [2.24, 2.45) is 0 Å². The van der Waals surface area contributed by atoms with E-state index >= 15 is 0 Å². The maximum atomic E-state index is 2.18. The van der Waals surface area contributed by atoms with Crippen LogP contribution in [0.25, 0.3) is 0 Å². The topological polar surface area (TPSA) is 0 Å². The van der Waals surface area contributed by atoms with Crippen molar-refractivity contribution in [1.29, 1.82) is 0 Å². The third-order valence-electron chi connectivity index (χ3n) is 1.09. The first-order valence-corrected chi connectivity index (χ1v) is 5.00. The molecule has 0 aliphatic heterocycles. The maximum Gasteiger partial charge on any atom is 0 e. The van der Waals surface area contributed by atoms with Crippen LogP contribution >= 0.6 is 0 Å². The standard InChI is InChI=1S/C6H9.2Sb.Zr/c1-4-6(3)5-2;;;/h1-3H3;;;. The normalized spacial score (nSPS) is 11.6. The summed E-state index contributed by atoms with van der Waals surface area (Å²) < 4.78 is 2.97. The van der Waals surface area contributed by atoms with E-state index in [0.29, 0.717) is 0 Å². The second-order valence-electron chi connectivity index (χ2n) is 1.80. The van der Waals surface area contributed by atoms with E-state index in [0.717, 1.165) is 0 Å². The fourth-order valence-electron chi connectivity index (χ4n) is 0.262. The van der Waals surface area contributed by atoms with E-state index in [-0.39, 0.29) is 26.2 Å². The Bertz CT molecular complexity index is 134. The minimum Gasteiger partial charge on any atom is 0 e. The monoisotopic (exact) mass is 413 g/mol. The van der Waals surface area contributed by atoms with Crippen LogP contribution in [0.4, 0.5) is 0 Å². The Morgan fingerprint density at radius 2 is 1.44 bits per heavy atom. The SMILES string of the molecule is C[C](=[Sb])C(C)=[C](C)[Sb].[Zr]. The summed E-state index contributed by atoms with van der Waals surface area (Å²) >= 11 is 3.63. The molecule has 0 N–H and O–H groups in total. The van der Waals surface area contributed by atoms with Gasteiger partial charge in [0.05, 0.1) is 0 Å². The van der Waals surface area contributed by atoms with E-state index < -0.39 is 0 Å². The van der Waals surface area contributed by atoms with Crippen LogP contribution in [0.2, 0.25) is 0 Å². The smallest absolute Gasteiger partial charge is 0 e. The van der Waals surface area contributed by atoms with Crippen molar-refractivity contribution in [3.63, 3.8) is 0 Å². The van der Waals surface area contributed by atoms with Gasteiger partial charge in [0, 0.05) is 26.2 Å². The van der Waals surface area contributed by atoms with Crippen molar-refractivity contribution in [2.75, 3.05) is 0 Å². The third kappa shape index (κ3) is 6.52. The molecule has 0 saturated heterocycles. The molecule has 0 heterocycles. The van der Waals surface area contributed by atoms with Crippen molar-refractivity contribution in [3.8, 4) is 0 Å². The van der Waals surface area contributed by atoms with Crippen LogP contribution in [0.15, 0.2) is 9.09 Å². The second kappa shape index (κ2) is 6.82. The molecule has 0 aliphatic carbocycles. The molecule has 3 heteroatoms. The molecular formula is C6H9Sb2Zr. The third-order valence-corrected chi connectivity index (χ3v) is 3.00. The predicted octanol–water partition coefficient (Wildman–Crippen LogP) is 0.807. The number of allylic oxidation sites excluding steroid dienone is 2. The van der Waals surface area contributed by atoms with Crippen LogP contribution in [0.5, 0.6) is 0 Å². The first-order valence-electron chi connectivity index (χ1n) is 2.45. The van der Waals surface area contributed by atoms with Crippen molar-refractivity contribution < 1.29 is 26.2 Å². The summed E-state index contributed by atoms with van der Waals surface area (Å²) in [5, 5.41) is 0. The zero-order valence-corrected chi connectivity index (χ0v) is 13.5. The van der Waals surface area contributed by atoms with E-state index in [2.05, 4.69) is 20.8 Å². The van der Waals surface area contributed by atoms with Gasteiger partial charge in [0.15, 0.2) is 0 Å². The van der Waals surface area contributed by atoms with Crippen LogP contribution in [0, 0.1) is 0 Å². The average molecular weight is 416 g/mol. The summed E-state index contributed by atoms with van der Waals surface area (Å²) in [5.41, 5.74) is 1.48. The van der Waals surface area contributed by atoms with Crippen LogP contribution < -0.4 is 0 Å². The summed E-state index contributed by atoms with van der Waals surface area (Å²) in [5.74, 6) is 0. The molecule has 0 bridgehead atoms. The predicted molar refractivity (Wildman–Crippen MR) is 40.6 cm³/mol. The molecule has 0 aliphatic rings. The van der Waals surface area contributed by atoms with Gasteiger partial charge in [-0.15, -0.1) is 0 Å². The molecule has 0 aromatic heterocycles. The molecule has 0 saturated carbocycles. The molecular weight excluding hydrogens is 407 g/mol. The Morgan fingerprint density at radius 1 is 1.11 bits per heavy atom. The van der Waals surface area contributed by atoms with Gasteiger partial charge in [-0.25, -0.2) is 0 Å². The summed E-state index contributed by atoms with van der Waals surface area (Å²) in [4.78, 5) is 0. The number of rotatable bonds is 1. The molecule has 0 amide bonds. The summed E-state index contributed by atoms with van der Waals surface area (Å²) in [6.45, 7) is 6.53. The first-order chi connectivity index (χ1) is 3.55. The van der Waals surface area contributed by atoms with Gasteiger partial charge in [-0.3, -0.25) is 0 Å². The first kappa shape index (κ1) is 13.7. The van der Waals surface area contributed by atoms with E-state index in [4.69, 9.17) is 0 Å². The van der Waals surface area contributed by atoms with E-state index in [1.54, 1.807) is 0 Å². The minimum atomic E-state index is 0. The van der Waals surface area contributed by atoms with Crippen LogP contribution in [0.3, 0.4) is 0 Å². The molecule has 0 fully saturated rings. The minimum absolute atomic E-state index is 0. The van der Waals surface area contributed by atoms with E-state index in [9.17, 15) is 0 Å². The fraction of sp³-hybridized carbons (Fsp3) is 0.500. The van der Waals surface area contributed by atoms with Gasteiger partial charge in [0.1, 0.15) is 0 Å². The molecule has 47 valence electrons. The van der Waals surface area contributed by atoms with Crippen molar-refractivity contribution in [1.82, 2.24) is 0 Å². The van der Waals surface area contributed by atoms with Gasteiger partial charge in [-0.05, 0) is 0 Å². The largest absolute Gasteiger partial charge is 0 e. The van der Waals surface area contributed by atoms with Crippen molar-refractivity contribution in [3.05, 3.63) is 9.09 Å². The van der Waals surface area contributed by atoms with Crippen LogP contribution in [-0.4, -0.2) is 49.0 Å². The number of hydrogen-bond donors (Lipinski definition) is 0. The molecule has 0 unspecified atom stereocenters. The van der Waals surface area contributed by atoms with Gasteiger partial charge >= 0.3 is 78.9 Å². The Labute approximate surface area is 103 Å². The van der Waals surface area contributed by atoms with Gasteiger partial charge in [-0.1, -0.05) is 0 Å². The summed E-state index contributed by atoms with van der Waals surface area (Å²) in [6.07, 6.45) is 0. The summed E-state index contributed by atoms with van der Waals surface area (Å²) in [7, 11) is 0. The Hall–Kier alpha value is 2.13. The Kier molecular flexibility index (Phi) is 10.4. The van der Waals surface area contributed by atoms with Crippen LogP contribution in [0.1, 0.15) is 20.8 Å². The summed E-state index contributed by atoms with van der Waals surface area (Å²) in [6, 6.07) is 0. The quantitative estimate of drug-likeness (QED) is 0.556. The molecule has 0 atom stereocenters. The molecule has 0 aromatic rings. The van der Waals surface area contributed by atoms with Gasteiger partial charge in [0.25, 0.3) is 0 Å².